The van der Waals surface area contributed by atoms with Crippen molar-refractivity contribution in [3.05, 3.63) is 65.7 Å². The lowest BCUT2D eigenvalue weighted by Crippen LogP contribution is -2.33. The molecule has 2 aromatic rings. The number of thioether (sulfide) groups is 1. The Kier molecular flexibility index (Phi) is 6.24. The second-order valence-electron chi connectivity index (χ2n) is 6.66. The van der Waals surface area contributed by atoms with Crippen molar-refractivity contribution in [3.8, 4) is 0 Å². The maximum Gasteiger partial charge on any atom is 0.253 e. The van der Waals surface area contributed by atoms with Crippen LogP contribution in [0, 0.1) is 0 Å². The molecule has 27 heavy (non-hydrogen) atoms. The van der Waals surface area contributed by atoms with E-state index in [0.29, 0.717) is 23.9 Å². The average Bonchev–Trinajstić information content (AvgIpc) is 2.94. The van der Waals surface area contributed by atoms with Gasteiger partial charge in [0.15, 0.2) is 0 Å². The molecule has 2 aromatic carbocycles. The van der Waals surface area contributed by atoms with Gasteiger partial charge in [-0.25, -0.2) is 12.7 Å². The minimum atomic E-state index is -3.48. The SMILES string of the molecule is CN(C)S(=O)(=O)c1ccc(C(=O)N2CCSC(c3ccccc3)CC2)cc1. The molecular formula is C20H24N2O3S2. The van der Waals surface area contributed by atoms with Crippen LogP contribution in [0.2, 0.25) is 0 Å². The first-order chi connectivity index (χ1) is 12.9. The van der Waals surface area contributed by atoms with Crippen LogP contribution in [0.25, 0.3) is 0 Å². The molecule has 1 unspecified atom stereocenters. The highest BCUT2D eigenvalue weighted by atomic mass is 32.2. The first-order valence-electron chi connectivity index (χ1n) is 8.88. The van der Waals surface area contributed by atoms with Crippen LogP contribution in [0.4, 0.5) is 0 Å². The molecule has 1 amide bonds. The van der Waals surface area contributed by atoms with Crippen LogP contribution in [0.5, 0.6) is 0 Å². The number of amides is 1. The van der Waals surface area contributed by atoms with Gasteiger partial charge in [0, 0.05) is 43.8 Å². The molecule has 1 fully saturated rings. The lowest BCUT2D eigenvalue weighted by molar-refractivity contribution is 0.0766. The summed E-state index contributed by atoms with van der Waals surface area (Å²) in [7, 11) is -0.498. The maximum atomic E-state index is 12.8. The van der Waals surface area contributed by atoms with Crippen LogP contribution in [0.3, 0.4) is 0 Å². The van der Waals surface area contributed by atoms with E-state index >= 15 is 0 Å². The standard InChI is InChI=1S/C20H24N2O3S2/c1-21(2)27(24,25)18-10-8-17(9-11-18)20(23)22-13-12-19(26-15-14-22)16-6-4-3-5-7-16/h3-11,19H,12-15H2,1-2H3. The summed E-state index contributed by atoms with van der Waals surface area (Å²) in [5, 5.41) is 0.400. The summed E-state index contributed by atoms with van der Waals surface area (Å²) in [4.78, 5) is 14.9. The van der Waals surface area contributed by atoms with Crippen LogP contribution in [-0.4, -0.2) is 56.5 Å². The Morgan fingerprint density at radius 1 is 1.04 bits per heavy atom. The molecule has 5 nitrogen and oxygen atoms in total. The highest BCUT2D eigenvalue weighted by molar-refractivity contribution is 7.99. The van der Waals surface area contributed by atoms with Gasteiger partial charge in [0.05, 0.1) is 4.90 Å². The third-order valence-corrected chi connectivity index (χ3v) is 7.84. The van der Waals surface area contributed by atoms with Crippen LogP contribution >= 0.6 is 11.8 Å². The van der Waals surface area contributed by atoms with E-state index in [4.69, 9.17) is 0 Å². The molecule has 1 aliphatic rings. The Labute approximate surface area is 165 Å². The summed E-state index contributed by atoms with van der Waals surface area (Å²) in [5.41, 5.74) is 1.82. The van der Waals surface area contributed by atoms with E-state index in [1.165, 1.54) is 36.1 Å². The van der Waals surface area contributed by atoms with Crippen molar-refractivity contribution < 1.29 is 13.2 Å². The predicted molar refractivity (Wildman–Crippen MR) is 109 cm³/mol. The van der Waals surface area contributed by atoms with Crippen molar-refractivity contribution in [2.45, 2.75) is 16.6 Å². The van der Waals surface area contributed by atoms with Crippen molar-refractivity contribution in [1.29, 1.82) is 0 Å². The van der Waals surface area contributed by atoms with Crippen molar-refractivity contribution in [1.82, 2.24) is 9.21 Å². The summed E-state index contributed by atoms with van der Waals surface area (Å²) in [5.74, 6) is 0.844. The largest absolute Gasteiger partial charge is 0.338 e. The van der Waals surface area contributed by atoms with Gasteiger partial charge in [0.1, 0.15) is 0 Å². The minimum Gasteiger partial charge on any atom is -0.338 e. The number of benzene rings is 2. The van der Waals surface area contributed by atoms with E-state index in [0.717, 1.165) is 12.2 Å². The topological polar surface area (TPSA) is 57.7 Å². The molecule has 0 saturated carbocycles. The van der Waals surface area contributed by atoms with Gasteiger partial charge in [-0.2, -0.15) is 11.8 Å². The fourth-order valence-corrected chi connectivity index (χ4v) is 5.20. The minimum absolute atomic E-state index is 0.0434. The monoisotopic (exact) mass is 404 g/mol. The molecule has 0 radical (unpaired) electrons. The quantitative estimate of drug-likeness (QED) is 0.785. The molecule has 0 aliphatic carbocycles. The van der Waals surface area contributed by atoms with E-state index in [1.54, 1.807) is 12.1 Å². The Hall–Kier alpha value is -1.83. The Morgan fingerprint density at radius 2 is 1.70 bits per heavy atom. The molecule has 144 valence electrons. The molecule has 0 aromatic heterocycles. The van der Waals surface area contributed by atoms with Gasteiger partial charge < -0.3 is 4.90 Å². The molecule has 0 spiro atoms. The number of carbonyl (C=O) groups is 1. The second kappa shape index (κ2) is 8.46. The summed E-state index contributed by atoms with van der Waals surface area (Å²) in [6, 6.07) is 16.6. The lowest BCUT2D eigenvalue weighted by Gasteiger charge is -2.20. The first kappa shape index (κ1) is 19.9. The fourth-order valence-electron chi connectivity index (χ4n) is 3.07. The van der Waals surface area contributed by atoms with Crippen molar-refractivity contribution in [2.75, 3.05) is 32.9 Å². The zero-order chi connectivity index (χ0) is 19.4. The molecule has 1 heterocycles. The third-order valence-electron chi connectivity index (χ3n) is 4.68. The maximum absolute atomic E-state index is 12.8. The molecular weight excluding hydrogens is 380 g/mol. The summed E-state index contributed by atoms with van der Waals surface area (Å²) in [6.45, 7) is 1.40. The number of sulfonamides is 1. The van der Waals surface area contributed by atoms with E-state index < -0.39 is 10.0 Å². The van der Waals surface area contributed by atoms with Gasteiger partial charge >= 0.3 is 0 Å². The van der Waals surface area contributed by atoms with E-state index in [1.807, 2.05) is 34.9 Å². The fraction of sp³-hybridized carbons (Fsp3) is 0.350. The highest BCUT2D eigenvalue weighted by Gasteiger charge is 2.23. The zero-order valence-corrected chi connectivity index (χ0v) is 17.2. The summed E-state index contributed by atoms with van der Waals surface area (Å²) >= 11 is 1.88. The van der Waals surface area contributed by atoms with Gasteiger partial charge in [0.25, 0.3) is 5.91 Å². The van der Waals surface area contributed by atoms with E-state index in [2.05, 4.69) is 12.1 Å². The summed E-state index contributed by atoms with van der Waals surface area (Å²) in [6.07, 6.45) is 0.910. The number of hydrogen-bond donors (Lipinski definition) is 0. The van der Waals surface area contributed by atoms with E-state index in [9.17, 15) is 13.2 Å². The number of nitrogens with zero attached hydrogens (tertiary/aromatic N) is 2. The van der Waals surface area contributed by atoms with Crippen LogP contribution in [0.1, 0.15) is 27.6 Å². The lowest BCUT2D eigenvalue weighted by atomic mass is 10.1. The van der Waals surface area contributed by atoms with Gasteiger partial charge in [-0.3, -0.25) is 4.79 Å². The number of carbonyl (C=O) groups excluding carboxylic acids is 1. The number of hydrogen-bond acceptors (Lipinski definition) is 4. The van der Waals surface area contributed by atoms with Crippen molar-refractivity contribution in [2.24, 2.45) is 0 Å². The van der Waals surface area contributed by atoms with Crippen molar-refractivity contribution >= 4 is 27.7 Å². The Bertz CT molecular complexity index is 881. The van der Waals surface area contributed by atoms with Crippen LogP contribution in [-0.2, 0) is 10.0 Å². The van der Waals surface area contributed by atoms with Crippen LogP contribution in [0.15, 0.2) is 59.5 Å². The molecule has 3 rings (SSSR count). The Morgan fingerprint density at radius 3 is 2.33 bits per heavy atom. The van der Waals surface area contributed by atoms with Gasteiger partial charge in [-0.05, 0) is 36.2 Å². The van der Waals surface area contributed by atoms with Gasteiger partial charge in [-0.1, -0.05) is 30.3 Å². The molecule has 0 N–H and O–H groups in total. The summed E-state index contributed by atoms with van der Waals surface area (Å²) < 4.78 is 25.5. The van der Waals surface area contributed by atoms with Crippen molar-refractivity contribution in [3.63, 3.8) is 0 Å². The average molecular weight is 405 g/mol. The number of rotatable bonds is 4. The third kappa shape index (κ3) is 4.54. The highest BCUT2D eigenvalue weighted by Crippen LogP contribution is 2.34. The molecule has 1 aliphatic heterocycles. The molecule has 1 saturated heterocycles. The zero-order valence-electron chi connectivity index (χ0n) is 15.5. The smallest absolute Gasteiger partial charge is 0.253 e. The molecule has 1 atom stereocenters. The first-order valence-corrected chi connectivity index (χ1v) is 11.4. The molecule has 7 heteroatoms. The van der Waals surface area contributed by atoms with Crippen LogP contribution < -0.4 is 0 Å². The predicted octanol–water partition coefficient (Wildman–Crippen LogP) is 3.26. The Balaban J connectivity index is 1.69. The van der Waals surface area contributed by atoms with Gasteiger partial charge in [-0.15, -0.1) is 0 Å². The second-order valence-corrected chi connectivity index (χ2v) is 10.1. The van der Waals surface area contributed by atoms with E-state index in [-0.39, 0.29) is 10.8 Å². The normalized spacial score (nSPS) is 18.3. The molecule has 0 bridgehead atoms. The van der Waals surface area contributed by atoms with Gasteiger partial charge in [0.2, 0.25) is 10.0 Å².